The number of para-hydroxylation sites is 1. The van der Waals surface area contributed by atoms with Crippen molar-refractivity contribution in [3.05, 3.63) is 77.5 Å². The second-order valence-corrected chi connectivity index (χ2v) is 11.7. The van der Waals surface area contributed by atoms with Gasteiger partial charge in [-0.1, -0.05) is 18.2 Å². The molecule has 5 rings (SSSR count). The Morgan fingerprint density at radius 1 is 0.872 bits per heavy atom. The molecule has 1 atom stereocenters. The van der Waals surface area contributed by atoms with E-state index < -0.39 is 5.60 Å². The van der Waals surface area contributed by atoms with Crippen LogP contribution in [0.2, 0.25) is 0 Å². The number of amides is 1. The number of likely N-dealkylation sites (tertiary alicyclic amines) is 1. The minimum Gasteiger partial charge on any atom is -0.457 e. The lowest BCUT2D eigenvalue weighted by Crippen LogP contribution is -2.52. The molecule has 0 unspecified atom stereocenters. The maximum atomic E-state index is 13.3. The van der Waals surface area contributed by atoms with Crippen LogP contribution in [-0.2, 0) is 4.74 Å². The van der Waals surface area contributed by atoms with E-state index in [1.807, 2.05) is 92.3 Å². The Kier molecular flexibility index (Phi) is 8.12. The summed E-state index contributed by atoms with van der Waals surface area (Å²) in [7, 11) is 0. The summed E-state index contributed by atoms with van der Waals surface area (Å²) in [6.45, 7) is 7.57. The molecule has 39 heavy (non-hydrogen) atoms. The van der Waals surface area contributed by atoms with Crippen molar-refractivity contribution >= 4 is 6.09 Å². The molecular formula is C31H40N4O4. The first-order valence-electron chi connectivity index (χ1n) is 14.1. The zero-order valence-electron chi connectivity index (χ0n) is 23.2. The summed E-state index contributed by atoms with van der Waals surface area (Å²) in [5, 5.41) is 3.06. The lowest BCUT2D eigenvalue weighted by atomic mass is 9.88. The highest BCUT2D eigenvalue weighted by atomic mass is 16.6. The van der Waals surface area contributed by atoms with Crippen molar-refractivity contribution in [2.75, 3.05) is 13.1 Å². The summed E-state index contributed by atoms with van der Waals surface area (Å²) < 4.78 is 14.9. The highest BCUT2D eigenvalue weighted by molar-refractivity contribution is 5.68. The Labute approximate surface area is 230 Å². The Morgan fingerprint density at radius 3 is 2.23 bits per heavy atom. The first kappa shape index (κ1) is 27.1. The first-order chi connectivity index (χ1) is 18.7. The lowest BCUT2D eigenvalue weighted by molar-refractivity contribution is 0.0435. The molecule has 1 N–H and O–H groups in total. The van der Waals surface area contributed by atoms with Crippen LogP contribution in [0.3, 0.4) is 0 Å². The molecule has 8 nitrogen and oxygen atoms in total. The number of rotatable bonds is 6. The summed E-state index contributed by atoms with van der Waals surface area (Å²) in [5.74, 6) is 1.51. The monoisotopic (exact) mass is 532 g/mol. The van der Waals surface area contributed by atoms with Crippen LogP contribution in [0, 0.1) is 0 Å². The van der Waals surface area contributed by atoms with E-state index in [0.29, 0.717) is 6.04 Å². The predicted molar refractivity (Wildman–Crippen MR) is 152 cm³/mol. The molecule has 1 saturated heterocycles. The minimum atomic E-state index is -0.492. The molecule has 0 bridgehead atoms. The maximum absolute atomic E-state index is 13.3. The van der Waals surface area contributed by atoms with Crippen molar-refractivity contribution < 1.29 is 14.3 Å². The van der Waals surface area contributed by atoms with Gasteiger partial charge in [0.1, 0.15) is 17.1 Å². The normalized spacial score (nSPS) is 22.3. The van der Waals surface area contributed by atoms with Gasteiger partial charge in [-0.15, -0.1) is 0 Å². The van der Waals surface area contributed by atoms with Crippen molar-refractivity contribution in [1.82, 2.24) is 19.4 Å². The molecule has 1 aromatic heterocycles. The van der Waals surface area contributed by atoms with Crippen LogP contribution in [0.15, 0.2) is 71.8 Å². The number of piperidine rings is 1. The number of carbonyl (C=O) groups is 1. The van der Waals surface area contributed by atoms with Gasteiger partial charge in [-0.25, -0.2) is 9.59 Å². The molecule has 0 spiro atoms. The minimum absolute atomic E-state index is 0.00484. The molecule has 1 aliphatic heterocycles. The molecule has 1 amide bonds. The summed E-state index contributed by atoms with van der Waals surface area (Å²) in [6, 6.07) is 18.1. The SMILES string of the molecule is CC(C)(C)OC(=O)N[C@@H]1CCCN(C2CCC(n3ccn(-c4ccc(Oc5ccccc5)cc4)c3=O)CC2)C1. The van der Waals surface area contributed by atoms with Gasteiger partial charge in [0.15, 0.2) is 0 Å². The van der Waals surface area contributed by atoms with Crippen LogP contribution in [-0.4, -0.2) is 50.9 Å². The first-order valence-corrected chi connectivity index (χ1v) is 14.1. The molecule has 2 aliphatic rings. The number of carbonyl (C=O) groups excluding carboxylic acids is 1. The van der Waals surface area contributed by atoms with Crippen molar-refractivity contribution in [2.45, 2.75) is 83.0 Å². The van der Waals surface area contributed by atoms with Gasteiger partial charge >= 0.3 is 11.8 Å². The molecule has 2 fully saturated rings. The third-order valence-corrected chi connectivity index (χ3v) is 7.65. The molecule has 2 heterocycles. The Morgan fingerprint density at radius 2 is 1.54 bits per heavy atom. The number of nitrogens with one attached hydrogen (secondary N) is 1. The summed E-state index contributed by atoms with van der Waals surface area (Å²) >= 11 is 0. The standard InChI is InChI=1S/C31H40N4O4/c1-31(2,3)39-29(36)32-23-8-7-19-33(22-23)24-11-13-25(14-12-24)34-20-21-35(30(34)37)26-15-17-28(18-16-26)38-27-9-5-4-6-10-27/h4-6,9-10,15-18,20-21,23-25H,7-8,11-14,19,22H2,1-3H3,(H,32,36)/t23-,24?,25?/m1/s1. The van der Waals surface area contributed by atoms with Crippen molar-refractivity contribution in [1.29, 1.82) is 0 Å². The molecule has 0 radical (unpaired) electrons. The van der Waals surface area contributed by atoms with E-state index in [-0.39, 0.29) is 23.9 Å². The number of benzene rings is 2. The number of aromatic nitrogens is 2. The Balaban J connectivity index is 1.15. The van der Waals surface area contributed by atoms with Crippen molar-refractivity contribution in [2.24, 2.45) is 0 Å². The molecular weight excluding hydrogens is 492 g/mol. The molecule has 208 valence electrons. The van der Waals surface area contributed by atoms with E-state index in [1.165, 1.54) is 0 Å². The van der Waals surface area contributed by atoms with Crippen molar-refractivity contribution in [3.63, 3.8) is 0 Å². The van der Waals surface area contributed by atoms with Crippen LogP contribution in [0.1, 0.15) is 65.3 Å². The van der Waals surface area contributed by atoms with E-state index in [4.69, 9.17) is 9.47 Å². The van der Waals surface area contributed by atoms with Crippen LogP contribution < -0.4 is 15.7 Å². The van der Waals surface area contributed by atoms with E-state index in [9.17, 15) is 9.59 Å². The van der Waals surface area contributed by atoms with Crippen LogP contribution in [0.5, 0.6) is 11.5 Å². The predicted octanol–water partition coefficient (Wildman–Crippen LogP) is 5.90. The lowest BCUT2D eigenvalue weighted by Gasteiger charge is -2.41. The third-order valence-electron chi connectivity index (χ3n) is 7.65. The Bertz CT molecular complexity index is 1280. The van der Waals surface area contributed by atoms with Gasteiger partial charge in [0.05, 0.1) is 5.69 Å². The zero-order valence-corrected chi connectivity index (χ0v) is 23.2. The average Bonchev–Trinajstić information content (AvgIpc) is 3.30. The highest BCUT2D eigenvalue weighted by Gasteiger charge is 2.31. The van der Waals surface area contributed by atoms with Crippen LogP contribution in [0.25, 0.3) is 5.69 Å². The second kappa shape index (κ2) is 11.7. The fourth-order valence-electron chi connectivity index (χ4n) is 5.80. The van der Waals surface area contributed by atoms with Gasteiger partial charge in [-0.3, -0.25) is 14.0 Å². The number of nitrogens with zero attached hydrogens (tertiary/aromatic N) is 3. The quantitative estimate of drug-likeness (QED) is 0.427. The van der Waals surface area contributed by atoms with Crippen molar-refractivity contribution in [3.8, 4) is 17.2 Å². The van der Waals surface area contributed by atoms with Gasteiger partial charge in [-0.2, -0.15) is 0 Å². The highest BCUT2D eigenvalue weighted by Crippen LogP contribution is 2.32. The fourth-order valence-corrected chi connectivity index (χ4v) is 5.80. The fraction of sp³-hybridized carbons (Fsp3) is 0.484. The largest absolute Gasteiger partial charge is 0.457 e. The van der Waals surface area contributed by atoms with Gasteiger partial charge in [-0.05, 0) is 102 Å². The number of alkyl carbamates (subject to hydrolysis) is 1. The van der Waals surface area contributed by atoms with Gasteiger partial charge in [0.25, 0.3) is 0 Å². The third kappa shape index (κ3) is 6.92. The second-order valence-electron chi connectivity index (χ2n) is 11.7. The maximum Gasteiger partial charge on any atom is 0.407 e. The summed E-state index contributed by atoms with van der Waals surface area (Å²) in [6.07, 6.45) is 9.53. The number of hydrogen-bond acceptors (Lipinski definition) is 5. The molecule has 8 heteroatoms. The average molecular weight is 533 g/mol. The summed E-state index contributed by atoms with van der Waals surface area (Å²) in [4.78, 5) is 28.1. The van der Waals surface area contributed by atoms with E-state index in [0.717, 1.165) is 68.8 Å². The smallest absolute Gasteiger partial charge is 0.407 e. The van der Waals surface area contributed by atoms with Gasteiger partial charge < -0.3 is 14.8 Å². The Hall–Kier alpha value is -3.52. The zero-order chi connectivity index (χ0) is 27.4. The van der Waals surface area contributed by atoms with E-state index >= 15 is 0 Å². The molecule has 1 saturated carbocycles. The topological polar surface area (TPSA) is 77.7 Å². The number of hydrogen-bond donors (Lipinski definition) is 1. The molecule has 2 aromatic carbocycles. The number of imidazole rings is 1. The van der Waals surface area contributed by atoms with E-state index in [1.54, 1.807) is 4.57 Å². The molecule has 3 aromatic rings. The van der Waals surface area contributed by atoms with Crippen LogP contribution >= 0.6 is 0 Å². The van der Waals surface area contributed by atoms with Crippen LogP contribution in [0.4, 0.5) is 4.79 Å². The van der Waals surface area contributed by atoms with Gasteiger partial charge in [0.2, 0.25) is 0 Å². The molecule has 1 aliphatic carbocycles. The van der Waals surface area contributed by atoms with E-state index in [2.05, 4.69) is 10.2 Å². The van der Waals surface area contributed by atoms with Gasteiger partial charge in [0, 0.05) is 37.1 Å². The number of ether oxygens (including phenoxy) is 2. The summed E-state index contributed by atoms with van der Waals surface area (Å²) in [5.41, 5.74) is 0.327.